The zero-order chi connectivity index (χ0) is 26.5. The molecule has 3 fully saturated rings. The average Bonchev–Trinajstić information content (AvgIpc) is 3.09. The Labute approximate surface area is 221 Å². The minimum absolute atomic E-state index is 0.00229. The molecule has 2 atom stereocenters. The van der Waals surface area contributed by atoms with E-state index in [1.165, 1.54) is 5.56 Å². The molecule has 0 saturated carbocycles. The average molecular weight is 507 g/mol. The van der Waals surface area contributed by atoms with Crippen molar-refractivity contribution in [3.8, 4) is 22.6 Å². The number of carbonyl (C=O) groups excluding carboxylic acids is 1. The highest BCUT2D eigenvalue weighted by Gasteiger charge is 2.42. The van der Waals surface area contributed by atoms with Gasteiger partial charge in [-0.25, -0.2) is 4.79 Å². The molecule has 4 aliphatic rings. The molecule has 1 unspecified atom stereocenters. The van der Waals surface area contributed by atoms with Gasteiger partial charge in [-0.3, -0.25) is 4.90 Å². The Morgan fingerprint density at radius 1 is 1.08 bits per heavy atom. The maximum absolute atomic E-state index is 13.1. The van der Waals surface area contributed by atoms with Crippen LogP contribution < -0.4 is 14.8 Å². The van der Waals surface area contributed by atoms with Crippen molar-refractivity contribution >= 4 is 6.09 Å². The molecule has 6 rings (SSSR count). The molecule has 6 nitrogen and oxygen atoms in total. The molecule has 0 radical (unpaired) electrons. The van der Waals surface area contributed by atoms with E-state index in [0.717, 1.165) is 78.2 Å². The van der Waals surface area contributed by atoms with Gasteiger partial charge < -0.3 is 19.5 Å². The number of alkyl carbamates (subject to hydrolysis) is 1. The normalized spacial score (nSPS) is 25.6. The smallest absolute Gasteiger partial charge is 0.407 e. The quantitative estimate of drug-likeness (QED) is 0.505. The number of rotatable bonds is 6. The van der Waals surface area contributed by atoms with Gasteiger partial charge in [0.15, 0.2) is 0 Å². The van der Waals surface area contributed by atoms with Crippen LogP contribution in [-0.4, -0.2) is 49.9 Å². The van der Waals surface area contributed by atoms with Crippen LogP contribution in [-0.2, 0) is 11.2 Å². The first-order chi connectivity index (χ1) is 17.6. The molecule has 3 saturated heterocycles. The Morgan fingerprint density at radius 3 is 2.32 bits per heavy atom. The summed E-state index contributed by atoms with van der Waals surface area (Å²) in [6, 6.07) is 8.57. The van der Waals surface area contributed by atoms with Gasteiger partial charge in [0, 0.05) is 12.1 Å². The fourth-order valence-corrected chi connectivity index (χ4v) is 6.60. The van der Waals surface area contributed by atoms with Crippen molar-refractivity contribution in [3.05, 3.63) is 46.5 Å². The lowest BCUT2D eigenvalue weighted by molar-refractivity contribution is -0.0349. The van der Waals surface area contributed by atoms with Gasteiger partial charge in [-0.05, 0) is 123 Å². The molecule has 2 aromatic rings. The summed E-state index contributed by atoms with van der Waals surface area (Å²) in [4.78, 5) is 15.5. The molecule has 3 heterocycles. The molecule has 1 N–H and O–H groups in total. The van der Waals surface area contributed by atoms with Gasteiger partial charge in [0.25, 0.3) is 0 Å². The van der Waals surface area contributed by atoms with E-state index in [2.05, 4.69) is 76.0 Å². The molecule has 1 amide bonds. The molecule has 1 aliphatic carbocycles. The summed E-state index contributed by atoms with van der Waals surface area (Å²) in [6.07, 6.45) is 2.94. The summed E-state index contributed by atoms with van der Waals surface area (Å²) in [5.41, 5.74) is 6.62. The highest BCUT2D eigenvalue weighted by Crippen LogP contribution is 2.49. The van der Waals surface area contributed by atoms with Crippen LogP contribution in [0.5, 0.6) is 11.5 Å². The van der Waals surface area contributed by atoms with E-state index < -0.39 is 0 Å². The van der Waals surface area contributed by atoms with Crippen LogP contribution in [0, 0.1) is 25.2 Å². The van der Waals surface area contributed by atoms with Gasteiger partial charge in [0.1, 0.15) is 17.6 Å². The Balaban J connectivity index is 1.41. The lowest BCUT2D eigenvalue weighted by Crippen LogP contribution is -2.53. The third-order valence-electron chi connectivity index (χ3n) is 8.44. The predicted octanol–water partition coefficient (Wildman–Crippen LogP) is 6.21. The van der Waals surface area contributed by atoms with Crippen molar-refractivity contribution in [2.45, 2.75) is 79.1 Å². The lowest BCUT2D eigenvalue weighted by Gasteiger charge is -2.44. The second-order valence-corrected chi connectivity index (χ2v) is 12.2. The molecule has 3 aliphatic heterocycles. The fraction of sp³-hybridized carbons (Fsp3) is 0.581. The number of fused-ring (bicyclic) bond motifs is 4. The molecular weight excluding hydrogens is 464 g/mol. The number of amides is 1. The summed E-state index contributed by atoms with van der Waals surface area (Å²) >= 11 is 0. The number of hydrogen-bond acceptors (Lipinski definition) is 5. The van der Waals surface area contributed by atoms with Crippen LogP contribution in [0.15, 0.2) is 24.3 Å². The third kappa shape index (κ3) is 5.05. The zero-order valence-electron chi connectivity index (χ0n) is 23.4. The van der Waals surface area contributed by atoms with E-state index in [-0.39, 0.29) is 29.8 Å². The number of ether oxygens (including phenoxy) is 3. The van der Waals surface area contributed by atoms with Crippen LogP contribution in [0.1, 0.15) is 68.8 Å². The summed E-state index contributed by atoms with van der Waals surface area (Å²) in [5.74, 6) is 2.25. The van der Waals surface area contributed by atoms with Gasteiger partial charge in [-0.1, -0.05) is 13.8 Å². The van der Waals surface area contributed by atoms with Crippen LogP contribution >= 0.6 is 0 Å². The summed E-state index contributed by atoms with van der Waals surface area (Å²) in [5, 5.41) is 3.23. The van der Waals surface area contributed by atoms with E-state index in [0.29, 0.717) is 5.92 Å². The number of methoxy groups -OCH3 is 1. The molecule has 0 spiro atoms. The third-order valence-corrected chi connectivity index (χ3v) is 8.44. The van der Waals surface area contributed by atoms with Crippen LogP contribution in [0.4, 0.5) is 4.79 Å². The number of nitrogens with one attached hydrogen (secondary N) is 1. The van der Waals surface area contributed by atoms with Crippen LogP contribution in [0.2, 0.25) is 0 Å². The van der Waals surface area contributed by atoms with Crippen LogP contribution in [0.25, 0.3) is 11.1 Å². The van der Waals surface area contributed by atoms with Gasteiger partial charge in [0.05, 0.1) is 19.3 Å². The number of carbonyl (C=O) groups is 1. The zero-order valence-corrected chi connectivity index (χ0v) is 23.4. The Kier molecular flexibility index (Phi) is 6.90. The molecule has 0 aromatic heterocycles. The maximum atomic E-state index is 13.1. The molecule has 2 bridgehead atoms. The van der Waals surface area contributed by atoms with Crippen molar-refractivity contribution < 1.29 is 19.0 Å². The van der Waals surface area contributed by atoms with Gasteiger partial charge in [-0.15, -0.1) is 0 Å². The molecule has 37 heavy (non-hydrogen) atoms. The predicted molar refractivity (Wildman–Crippen MR) is 146 cm³/mol. The van der Waals surface area contributed by atoms with Gasteiger partial charge in [-0.2, -0.15) is 0 Å². The Hall–Kier alpha value is -2.73. The monoisotopic (exact) mass is 506 g/mol. The summed E-state index contributed by atoms with van der Waals surface area (Å²) in [6.45, 7) is 15.8. The van der Waals surface area contributed by atoms with Crippen molar-refractivity contribution in [3.63, 3.8) is 0 Å². The van der Waals surface area contributed by atoms with Gasteiger partial charge >= 0.3 is 6.09 Å². The summed E-state index contributed by atoms with van der Waals surface area (Å²) in [7, 11) is 1.71. The topological polar surface area (TPSA) is 60.0 Å². The van der Waals surface area contributed by atoms with Crippen molar-refractivity contribution in [1.82, 2.24) is 10.2 Å². The minimum atomic E-state index is -0.306. The standard InChI is InChI=1S/C31H42N2O4/c1-18(2)36-28-19(3)12-22(13-20(28)4)24-14-23-16-31(5,6)29(25(23)15-26(24)35-7)32-30(34)37-27-17-33-10-8-21(27)9-11-33/h12-15,18,21,27,29H,8-11,16-17H2,1-7H3,(H,32,34)/t27-,29?/m1/s1. The van der Waals surface area contributed by atoms with E-state index in [9.17, 15) is 4.79 Å². The van der Waals surface area contributed by atoms with E-state index in [1.54, 1.807) is 7.11 Å². The first-order valence-corrected chi connectivity index (χ1v) is 13.7. The molecule has 6 heteroatoms. The number of piperidine rings is 3. The maximum Gasteiger partial charge on any atom is 0.407 e. The summed E-state index contributed by atoms with van der Waals surface area (Å²) < 4.78 is 17.9. The van der Waals surface area contributed by atoms with E-state index >= 15 is 0 Å². The number of nitrogens with zero attached hydrogens (tertiary/aromatic N) is 1. The fourth-order valence-electron chi connectivity index (χ4n) is 6.60. The Bertz CT molecular complexity index is 1160. The highest BCUT2D eigenvalue weighted by molar-refractivity contribution is 5.76. The molecular formula is C31H42N2O4. The number of benzene rings is 2. The lowest BCUT2D eigenvalue weighted by atomic mass is 9.85. The van der Waals surface area contributed by atoms with E-state index in [1.807, 2.05) is 0 Å². The Morgan fingerprint density at radius 2 is 1.76 bits per heavy atom. The first kappa shape index (κ1) is 25.9. The van der Waals surface area contributed by atoms with Crippen LogP contribution in [0.3, 0.4) is 0 Å². The minimum Gasteiger partial charge on any atom is -0.496 e. The van der Waals surface area contributed by atoms with E-state index in [4.69, 9.17) is 14.2 Å². The molecule has 200 valence electrons. The first-order valence-electron chi connectivity index (χ1n) is 13.7. The largest absolute Gasteiger partial charge is 0.496 e. The second-order valence-electron chi connectivity index (χ2n) is 12.2. The SMILES string of the molecule is COc1cc2c(cc1-c1cc(C)c(OC(C)C)c(C)c1)CC(C)(C)C2NC(=O)O[C@@H]1CN2CCC1CC2. The van der Waals surface area contributed by atoms with Crippen molar-refractivity contribution in [2.75, 3.05) is 26.7 Å². The number of aryl methyl sites for hydroxylation is 2. The number of hydrogen-bond donors (Lipinski definition) is 1. The molecule has 2 aromatic carbocycles. The highest BCUT2D eigenvalue weighted by atomic mass is 16.6. The second kappa shape index (κ2) is 9.86. The van der Waals surface area contributed by atoms with Gasteiger partial charge in [0.2, 0.25) is 0 Å². The van der Waals surface area contributed by atoms with Crippen molar-refractivity contribution in [2.24, 2.45) is 11.3 Å². The van der Waals surface area contributed by atoms with Crippen molar-refractivity contribution in [1.29, 1.82) is 0 Å².